The number of nitrogens with one attached hydrogen (secondary N) is 1. The van der Waals surface area contributed by atoms with Gasteiger partial charge in [0.1, 0.15) is 18.0 Å². The summed E-state index contributed by atoms with van der Waals surface area (Å²) in [6, 6.07) is 7.83. The van der Waals surface area contributed by atoms with Crippen molar-refractivity contribution in [3.63, 3.8) is 0 Å². The van der Waals surface area contributed by atoms with Gasteiger partial charge in [-0.25, -0.2) is 0 Å². The maximum atomic E-state index is 13.7. The Morgan fingerprint density at radius 3 is 2.46 bits per heavy atom. The van der Waals surface area contributed by atoms with Crippen LogP contribution >= 0.6 is 0 Å². The van der Waals surface area contributed by atoms with Gasteiger partial charge in [-0.15, -0.1) is 0 Å². The Morgan fingerprint density at radius 1 is 1.11 bits per heavy atom. The summed E-state index contributed by atoms with van der Waals surface area (Å²) >= 11 is 0. The molecule has 1 amide bonds. The van der Waals surface area contributed by atoms with Crippen molar-refractivity contribution in [2.75, 3.05) is 12.4 Å². The van der Waals surface area contributed by atoms with Crippen LogP contribution in [0.15, 0.2) is 36.4 Å². The van der Waals surface area contributed by atoms with E-state index in [1.54, 1.807) is 6.07 Å². The number of carbonyl (C=O) groups is 2. The number of nitrogens with zero attached hydrogens (tertiary/aromatic N) is 1. The van der Waals surface area contributed by atoms with Crippen molar-refractivity contribution in [1.29, 1.82) is 0 Å². The van der Waals surface area contributed by atoms with E-state index in [9.17, 15) is 32.9 Å². The summed E-state index contributed by atoms with van der Waals surface area (Å²) in [4.78, 5) is 33.9. The molecular weight excluding hydrogens is 469 g/mol. The molecule has 0 spiro atoms. The molecule has 2 aromatic carbocycles. The molecule has 0 radical (unpaired) electrons. The third kappa shape index (κ3) is 6.93. The normalized spacial score (nSPS) is 13.9. The Hall–Kier alpha value is -3.63. The smallest absolute Gasteiger partial charge is 0.416 e. The van der Waals surface area contributed by atoms with Crippen LogP contribution in [-0.4, -0.2) is 23.9 Å². The highest BCUT2D eigenvalue weighted by molar-refractivity contribution is 5.94. The van der Waals surface area contributed by atoms with Crippen molar-refractivity contribution in [3.8, 4) is 5.75 Å². The number of methoxy groups -OCH3 is 1. The summed E-state index contributed by atoms with van der Waals surface area (Å²) in [5.74, 6) is -1.27. The number of carbonyl (C=O) groups excluding carboxylic acids is 2. The summed E-state index contributed by atoms with van der Waals surface area (Å²) < 4.78 is 51.0. The first-order valence-electron chi connectivity index (χ1n) is 11.1. The highest BCUT2D eigenvalue weighted by Gasteiger charge is 2.36. The average molecular weight is 494 g/mol. The van der Waals surface area contributed by atoms with Gasteiger partial charge in [0.05, 0.1) is 30.1 Å². The highest BCUT2D eigenvalue weighted by atomic mass is 19.4. The van der Waals surface area contributed by atoms with Crippen LogP contribution in [0.3, 0.4) is 0 Å². The van der Waals surface area contributed by atoms with Gasteiger partial charge < -0.3 is 14.8 Å². The fraction of sp³-hybridized carbons (Fsp3) is 0.417. The summed E-state index contributed by atoms with van der Waals surface area (Å²) in [5, 5.41) is 13.8. The molecule has 0 heterocycles. The van der Waals surface area contributed by atoms with E-state index >= 15 is 0 Å². The lowest BCUT2D eigenvalue weighted by molar-refractivity contribution is -0.384. The van der Waals surface area contributed by atoms with E-state index in [2.05, 4.69) is 10.1 Å². The molecule has 1 aliphatic carbocycles. The summed E-state index contributed by atoms with van der Waals surface area (Å²) in [6.07, 6.45) is -1.62. The molecule has 0 unspecified atom stereocenters. The maximum Gasteiger partial charge on any atom is 0.416 e. The maximum absolute atomic E-state index is 13.7. The molecular formula is C24H25F3N2O6. The third-order valence-electron chi connectivity index (χ3n) is 5.85. The van der Waals surface area contributed by atoms with Crippen LogP contribution in [0.2, 0.25) is 0 Å². The lowest BCUT2D eigenvalue weighted by Gasteiger charge is -2.19. The minimum atomic E-state index is -4.50. The van der Waals surface area contributed by atoms with Crippen molar-refractivity contribution < 1.29 is 37.2 Å². The molecule has 0 aromatic heterocycles. The molecule has 2 aromatic rings. The Kier molecular flexibility index (Phi) is 8.31. The van der Waals surface area contributed by atoms with E-state index in [0.29, 0.717) is 5.56 Å². The number of hydrogen-bond acceptors (Lipinski definition) is 6. The first kappa shape index (κ1) is 26.0. The predicted molar refractivity (Wildman–Crippen MR) is 120 cm³/mol. The Labute approximate surface area is 199 Å². The van der Waals surface area contributed by atoms with E-state index in [0.717, 1.165) is 37.8 Å². The minimum absolute atomic E-state index is 0.0534. The zero-order chi connectivity index (χ0) is 25.6. The van der Waals surface area contributed by atoms with Gasteiger partial charge in [-0.05, 0) is 48.1 Å². The molecule has 0 saturated heterocycles. The Bertz CT molecular complexity index is 1100. The standard InChI is InChI=1S/C24H25F3N2O6/c1-34-23(31)11-10-22(30)28-20-9-7-17(13-21(20)29(32)33)35-14-15-6-8-18(16-4-2-3-5-16)19(12-15)24(25,26)27/h6-9,12-13,16H,2-5,10-11,14H2,1H3,(H,28,30). The van der Waals surface area contributed by atoms with Gasteiger partial charge in [0, 0.05) is 6.42 Å². The molecule has 0 aliphatic heterocycles. The summed E-state index contributed by atoms with van der Waals surface area (Å²) in [6.45, 7) is -0.226. The number of halogens is 3. The number of esters is 1. The van der Waals surface area contributed by atoms with E-state index < -0.39 is 34.2 Å². The number of nitro benzene ring substituents is 1. The first-order valence-corrected chi connectivity index (χ1v) is 11.1. The second-order valence-corrected chi connectivity index (χ2v) is 8.25. The van der Waals surface area contributed by atoms with Gasteiger partial charge >= 0.3 is 12.1 Å². The quantitative estimate of drug-likeness (QED) is 0.271. The van der Waals surface area contributed by atoms with Crippen molar-refractivity contribution in [3.05, 3.63) is 63.2 Å². The van der Waals surface area contributed by atoms with Gasteiger partial charge in [-0.3, -0.25) is 19.7 Å². The molecule has 188 valence electrons. The average Bonchev–Trinajstić information content (AvgIpc) is 3.36. The van der Waals surface area contributed by atoms with Crippen LogP contribution in [0, 0.1) is 10.1 Å². The lowest BCUT2D eigenvalue weighted by Crippen LogP contribution is -2.15. The van der Waals surface area contributed by atoms with Crippen molar-refractivity contribution in [2.24, 2.45) is 0 Å². The van der Waals surface area contributed by atoms with Crippen LogP contribution in [-0.2, 0) is 27.1 Å². The Morgan fingerprint density at radius 2 is 1.83 bits per heavy atom. The van der Waals surface area contributed by atoms with Crippen LogP contribution < -0.4 is 10.1 Å². The third-order valence-corrected chi connectivity index (χ3v) is 5.85. The molecule has 0 atom stereocenters. The van der Waals surface area contributed by atoms with Crippen molar-refractivity contribution in [1.82, 2.24) is 0 Å². The van der Waals surface area contributed by atoms with E-state index in [-0.39, 0.29) is 42.4 Å². The van der Waals surface area contributed by atoms with Crippen LogP contribution in [0.25, 0.3) is 0 Å². The number of anilines is 1. The molecule has 0 bridgehead atoms. The fourth-order valence-corrected chi connectivity index (χ4v) is 4.09. The number of ether oxygens (including phenoxy) is 2. The minimum Gasteiger partial charge on any atom is -0.489 e. The van der Waals surface area contributed by atoms with Gasteiger partial charge in [0.2, 0.25) is 5.91 Å². The molecule has 35 heavy (non-hydrogen) atoms. The monoisotopic (exact) mass is 494 g/mol. The Balaban J connectivity index is 1.72. The summed E-state index contributed by atoms with van der Waals surface area (Å²) in [7, 11) is 1.18. The SMILES string of the molecule is COC(=O)CCC(=O)Nc1ccc(OCc2ccc(C3CCCC3)c(C(F)(F)F)c2)cc1[N+](=O)[O-]. The molecule has 3 rings (SSSR count). The van der Waals surface area contributed by atoms with E-state index in [4.69, 9.17) is 4.74 Å². The van der Waals surface area contributed by atoms with E-state index in [1.165, 1.54) is 25.3 Å². The largest absolute Gasteiger partial charge is 0.489 e. The first-order chi connectivity index (χ1) is 16.6. The molecule has 1 saturated carbocycles. The molecule has 8 nitrogen and oxygen atoms in total. The molecule has 11 heteroatoms. The molecule has 1 fully saturated rings. The van der Waals surface area contributed by atoms with Gasteiger partial charge in [0.15, 0.2) is 0 Å². The van der Waals surface area contributed by atoms with E-state index in [1.807, 2.05) is 0 Å². The fourth-order valence-electron chi connectivity index (χ4n) is 4.09. The second-order valence-electron chi connectivity index (χ2n) is 8.25. The number of alkyl halides is 3. The van der Waals surface area contributed by atoms with Gasteiger partial charge in [-0.1, -0.05) is 25.0 Å². The zero-order valence-corrected chi connectivity index (χ0v) is 19.0. The number of benzene rings is 2. The van der Waals surface area contributed by atoms with Crippen molar-refractivity contribution in [2.45, 2.75) is 57.2 Å². The molecule has 1 N–H and O–H groups in total. The van der Waals surface area contributed by atoms with Gasteiger partial charge in [0.25, 0.3) is 5.69 Å². The van der Waals surface area contributed by atoms with Crippen LogP contribution in [0.5, 0.6) is 5.75 Å². The summed E-state index contributed by atoms with van der Waals surface area (Å²) in [5.41, 5.74) is -0.663. The second kappa shape index (κ2) is 11.2. The number of nitro groups is 1. The predicted octanol–water partition coefficient (Wildman–Crippen LogP) is 5.74. The lowest BCUT2D eigenvalue weighted by atomic mass is 9.91. The zero-order valence-electron chi connectivity index (χ0n) is 19.0. The topological polar surface area (TPSA) is 108 Å². The highest BCUT2D eigenvalue weighted by Crippen LogP contribution is 2.42. The van der Waals surface area contributed by atoms with Crippen LogP contribution in [0.1, 0.15) is 61.1 Å². The van der Waals surface area contributed by atoms with Gasteiger partial charge in [-0.2, -0.15) is 13.2 Å². The number of rotatable bonds is 9. The number of amides is 1. The number of hydrogen-bond donors (Lipinski definition) is 1. The van der Waals surface area contributed by atoms with Crippen LogP contribution in [0.4, 0.5) is 24.5 Å². The van der Waals surface area contributed by atoms with Crippen molar-refractivity contribution >= 4 is 23.3 Å². The molecule has 1 aliphatic rings.